The first kappa shape index (κ1) is 18.9. The predicted molar refractivity (Wildman–Crippen MR) is 89.3 cm³/mol. The Morgan fingerprint density at radius 1 is 1.23 bits per heavy atom. The first-order valence-corrected chi connectivity index (χ1v) is 8.83. The molecule has 128 valence electrons. The summed E-state index contributed by atoms with van der Waals surface area (Å²) in [6.07, 6.45) is 5.76. The third-order valence-corrected chi connectivity index (χ3v) is 4.80. The highest BCUT2D eigenvalue weighted by Crippen LogP contribution is 2.19. The molecule has 0 bridgehead atoms. The molecule has 1 saturated heterocycles. The molecule has 22 heavy (non-hydrogen) atoms. The number of carbonyl (C=O) groups is 2. The van der Waals surface area contributed by atoms with Crippen molar-refractivity contribution in [3.8, 4) is 0 Å². The van der Waals surface area contributed by atoms with Crippen LogP contribution in [0.25, 0.3) is 0 Å². The summed E-state index contributed by atoms with van der Waals surface area (Å²) in [6.45, 7) is 8.28. The van der Waals surface area contributed by atoms with Crippen LogP contribution in [0.3, 0.4) is 0 Å². The van der Waals surface area contributed by atoms with Gasteiger partial charge in [-0.05, 0) is 25.2 Å². The van der Waals surface area contributed by atoms with Crippen LogP contribution < -0.4 is 11.1 Å². The maximum Gasteiger partial charge on any atom is 0.239 e. The molecule has 2 atom stereocenters. The maximum atomic E-state index is 12.3. The van der Waals surface area contributed by atoms with E-state index >= 15 is 0 Å². The van der Waals surface area contributed by atoms with Crippen molar-refractivity contribution in [1.82, 2.24) is 10.2 Å². The average molecular weight is 311 g/mol. The molecule has 0 aliphatic carbocycles. The normalized spacial score (nSPS) is 18.8. The van der Waals surface area contributed by atoms with Gasteiger partial charge in [-0.3, -0.25) is 9.59 Å². The van der Waals surface area contributed by atoms with E-state index in [0.717, 1.165) is 45.1 Å². The Labute approximate surface area is 135 Å². The van der Waals surface area contributed by atoms with Crippen molar-refractivity contribution < 1.29 is 9.59 Å². The van der Waals surface area contributed by atoms with E-state index in [1.165, 1.54) is 0 Å². The smallest absolute Gasteiger partial charge is 0.239 e. The molecule has 1 fully saturated rings. The number of nitrogens with one attached hydrogen (secondary N) is 1. The van der Waals surface area contributed by atoms with E-state index in [0.29, 0.717) is 13.1 Å². The standard InChI is InChI=1S/C17H33N3O2/c1-4-6-7-10-19-16(21)14-8-11-20(12-9-14)17(22)15(18)13(3)5-2/h13-15H,4-12,18H2,1-3H3,(H,19,21). The number of hydrogen-bond acceptors (Lipinski definition) is 3. The summed E-state index contributed by atoms with van der Waals surface area (Å²) in [4.78, 5) is 26.2. The monoisotopic (exact) mass is 311 g/mol. The van der Waals surface area contributed by atoms with Crippen molar-refractivity contribution in [2.75, 3.05) is 19.6 Å². The van der Waals surface area contributed by atoms with Crippen molar-refractivity contribution in [2.24, 2.45) is 17.6 Å². The van der Waals surface area contributed by atoms with Crippen LogP contribution in [0.5, 0.6) is 0 Å². The molecular formula is C17H33N3O2. The van der Waals surface area contributed by atoms with Gasteiger partial charge in [0.05, 0.1) is 6.04 Å². The van der Waals surface area contributed by atoms with Gasteiger partial charge in [-0.2, -0.15) is 0 Å². The number of piperidine rings is 1. The van der Waals surface area contributed by atoms with Crippen molar-refractivity contribution in [1.29, 1.82) is 0 Å². The summed E-state index contributed by atoms with van der Waals surface area (Å²) in [5.74, 6) is 0.433. The molecule has 1 aliphatic heterocycles. The quantitative estimate of drug-likeness (QED) is 0.672. The van der Waals surface area contributed by atoms with Crippen LogP contribution in [0, 0.1) is 11.8 Å². The van der Waals surface area contributed by atoms with Crippen LogP contribution in [-0.4, -0.2) is 42.4 Å². The van der Waals surface area contributed by atoms with Gasteiger partial charge < -0.3 is 16.0 Å². The molecule has 1 heterocycles. The zero-order valence-corrected chi connectivity index (χ0v) is 14.4. The third kappa shape index (κ3) is 5.59. The van der Waals surface area contributed by atoms with Gasteiger partial charge in [-0.1, -0.05) is 40.0 Å². The van der Waals surface area contributed by atoms with E-state index in [1.807, 2.05) is 18.7 Å². The number of unbranched alkanes of at least 4 members (excludes halogenated alkanes) is 2. The molecule has 2 amide bonds. The number of amides is 2. The lowest BCUT2D eigenvalue weighted by atomic mass is 9.93. The fraction of sp³-hybridized carbons (Fsp3) is 0.882. The van der Waals surface area contributed by atoms with E-state index in [2.05, 4.69) is 12.2 Å². The Hall–Kier alpha value is -1.10. The van der Waals surface area contributed by atoms with E-state index < -0.39 is 6.04 Å². The predicted octanol–water partition coefficient (Wildman–Crippen LogP) is 1.90. The number of likely N-dealkylation sites (tertiary alicyclic amines) is 1. The maximum absolute atomic E-state index is 12.3. The van der Waals surface area contributed by atoms with Crippen molar-refractivity contribution in [2.45, 2.75) is 65.3 Å². The summed E-state index contributed by atoms with van der Waals surface area (Å²) < 4.78 is 0. The number of carbonyl (C=O) groups excluding carboxylic acids is 2. The van der Waals surface area contributed by atoms with Crippen LogP contribution in [-0.2, 0) is 9.59 Å². The molecule has 0 aromatic carbocycles. The Kier molecular flexibility index (Phi) is 8.46. The Morgan fingerprint density at radius 2 is 1.86 bits per heavy atom. The molecule has 1 rings (SSSR count). The number of nitrogens with zero attached hydrogens (tertiary/aromatic N) is 1. The zero-order valence-electron chi connectivity index (χ0n) is 14.4. The first-order valence-electron chi connectivity index (χ1n) is 8.83. The fourth-order valence-corrected chi connectivity index (χ4v) is 2.80. The van der Waals surface area contributed by atoms with Crippen LogP contribution >= 0.6 is 0 Å². The number of hydrogen-bond donors (Lipinski definition) is 2. The van der Waals surface area contributed by atoms with Crippen LogP contribution in [0.2, 0.25) is 0 Å². The SMILES string of the molecule is CCCCCNC(=O)C1CCN(C(=O)C(N)C(C)CC)CC1. The minimum atomic E-state index is -0.413. The molecule has 2 unspecified atom stereocenters. The molecule has 0 radical (unpaired) electrons. The third-order valence-electron chi connectivity index (χ3n) is 4.80. The molecule has 0 aromatic rings. The van der Waals surface area contributed by atoms with Crippen molar-refractivity contribution >= 4 is 11.8 Å². The highest BCUT2D eigenvalue weighted by atomic mass is 16.2. The van der Waals surface area contributed by atoms with Gasteiger partial charge in [0.2, 0.25) is 11.8 Å². The molecule has 5 heteroatoms. The average Bonchev–Trinajstić information content (AvgIpc) is 2.56. The molecule has 0 aromatic heterocycles. The highest BCUT2D eigenvalue weighted by molar-refractivity contribution is 5.83. The van der Waals surface area contributed by atoms with E-state index in [1.54, 1.807) is 0 Å². The van der Waals surface area contributed by atoms with E-state index in [-0.39, 0.29) is 23.7 Å². The second-order valence-electron chi connectivity index (χ2n) is 6.51. The van der Waals surface area contributed by atoms with Crippen LogP contribution in [0.15, 0.2) is 0 Å². The summed E-state index contributed by atoms with van der Waals surface area (Å²) in [5, 5.41) is 3.01. The van der Waals surface area contributed by atoms with Crippen LogP contribution in [0.4, 0.5) is 0 Å². The Bertz CT molecular complexity index is 352. The lowest BCUT2D eigenvalue weighted by Crippen LogP contribution is -2.50. The largest absolute Gasteiger partial charge is 0.356 e. The van der Waals surface area contributed by atoms with Crippen LogP contribution in [0.1, 0.15) is 59.3 Å². The van der Waals surface area contributed by atoms with E-state index in [4.69, 9.17) is 5.73 Å². The van der Waals surface area contributed by atoms with Gasteiger partial charge in [-0.25, -0.2) is 0 Å². The number of nitrogens with two attached hydrogens (primary N) is 1. The molecule has 3 N–H and O–H groups in total. The van der Waals surface area contributed by atoms with Gasteiger partial charge >= 0.3 is 0 Å². The summed E-state index contributed by atoms with van der Waals surface area (Å²) in [7, 11) is 0. The van der Waals surface area contributed by atoms with Crippen molar-refractivity contribution in [3.05, 3.63) is 0 Å². The molecular weight excluding hydrogens is 278 g/mol. The molecule has 5 nitrogen and oxygen atoms in total. The molecule has 0 saturated carbocycles. The fourth-order valence-electron chi connectivity index (χ4n) is 2.80. The Balaban J connectivity index is 2.33. The van der Waals surface area contributed by atoms with Gasteiger partial charge in [-0.15, -0.1) is 0 Å². The number of rotatable bonds is 8. The van der Waals surface area contributed by atoms with Gasteiger partial charge in [0, 0.05) is 25.6 Å². The topological polar surface area (TPSA) is 75.4 Å². The summed E-state index contributed by atoms with van der Waals surface area (Å²) in [5.41, 5.74) is 6.02. The summed E-state index contributed by atoms with van der Waals surface area (Å²) >= 11 is 0. The second-order valence-corrected chi connectivity index (χ2v) is 6.51. The van der Waals surface area contributed by atoms with Crippen molar-refractivity contribution in [3.63, 3.8) is 0 Å². The zero-order chi connectivity index (χ0) is 16.5. The van der Waals surface area contributed by atoms with Gasteiger partial charge in [0.15, 0.2) is 0 Å². The highest BCUT2D eigenvalue weighted by Gasteiger charge is 2.30. The molecule has 0 spiro atoms. The lowest BCUT2D eigenvalue weighted by molar-refractivity contribution is -0.137. The summed E-state index contributed by atoms with van der Waals surface area (Å²) in [6, 6.07) is -0.413. The Morgan fingerprint density at radius 3 is 2.41 bits per heavy atom. The first-order chi connectivity index (χ1) is 10.5. The molecule has 1 aliphatic rings. The lowest BCUT2D eigenvalue weighted by Gasteiger charge is -2.34. The van der Waals surface area contributed by atoms with Gasteiger partial charge in [0.1, 0.15) is 0 Å². The minimum Gasteiger partial charge on any atom is -0.356 e. The minimum absolute atomic E-state index is 0.0381. The van der Waals surface area contributed by atoms with E-state index in [9.17, 15) is 9.59 Å². The van der Waals surface area contributed by atoms with Gasteiger partial charge in [0.25, 0.3) is 0 Å². The second kappa shape index (κ2) is 9.82.